The maximum atomic E-state index is 14.5. The standard InChI is InChI=1S/C20H21ClFN3O/c1-13(2)10-24-20(26)9-16(15-5-3-4-6-17(15)22)18-11-23-19-8-7-14(21)12-25(18)19/h3-8,11-13,16H,9-10H2,1-2H3,(H,24,26). The number of benzene rings is 1. The molecule has 0 fully saturated rings. The summed E-state index contributed by atoms with van der Waals surface area (Å²) in [6.45, 7) is 4.64. The van der Waals surface area contributed by atoms with Crippen LogP contribution in [0.15, 0.2) is 48.8 Å². The van der Waals surface area contributed by atoms with E-state index in [0.717, 1.165) is 5.69 Å². The number of amides is 1. The van der Waals surface area contributed by atoms with E-state index in [1.165, 1.54) is 6.07 Å². The Morgan fingerprint density at radius 1 is 1.27 bits per heavy atom. The molecule has 0 bridgehead atoms. The molecule has 1 unspecified atom stereocenters. The van der Waals surface area contributed by atoms with Crippen molar-refractivity contribution in [3.63, 3.8) is 0 Å². The topological polar surface area (TPSA) is 46.4 Å². The molecule has 0 aliphatic rings. The molecule has 136 valence electrons. The van der Waals surface area contributed by atoms with Gasteiger partial charge in [-0.05, 0) is 29.7 Å². The first-order chi connectivity index (χ1) is 12.5. The average molecular weight is 374 g/mol. The number of nitrogens with zero attached hydrogens (tertiary/aromatic N) is 2. The molecule has 1 aromatic carbocycles. The van der Waals surface area contributed by atoms with Gasteiger partial charge in [0.1, 0.15) is 11.5 Å². The lowest BCUT2D eigenvalue weighted by Gasteiger charge is -2.18. The number of nitrogens with one attached hydrogen (secondary N) is 1. The van der Waals surface area contributed by atoms with Crippen LogP contribution in [0.5, 0.6) is 0 Å². The highest BCUT2D eigenvalue weighted by molar-refractivity contribution is 6.30. The molecular formula is C20H21ClFN3O. The van der Waals surface area contributed by atoms with Gasteiger partial charge in [0.25, 0.3) is 0 Å². The monoisotopic (exact) mass is 373 g/mol. The summed E-state index contributed by atoms with van der Waals surface area (Å²) >= 11 is 6.12. The van der Waals surface area contributed by atoms with E-state index in [9.17, 15) is 9.18 Å². The first-order valence-corrected chi connectivity index (χ1v) is 8.97. The second kappa shape index (κ2) is 7.87. The van der Waals surface area contributed by atoms with Crippen molar-refractivity contribution in [3.05, 3.63) is 70.9 Å². The van der Waals surface area contributed by atoms with E-state index in [-0.39, 0.29) is 18.1 Å². The number of carbonyl (C=O) groups excluding carboxylic acids is 1. The second-order valence-electron chi connectivity index (χ2n) is 6.73. The predicted molar refractivity (Wildman–Crippen MR) is 101 cm³/mol. The SMILES string of the molecule is CC(C)CNC(=O)CC(c1ccccc1F)c1cnc2ccc(Cl)cn12. The largest absolute Gasteiger partial charge is 0.356 e. The summed E-state index contributed by atoms with van der Waals surface area (Å²) < 4.78 is 16.3. The zero-order chi connectivity index (χ0) is 18.7. The van der Waals surface area contributed by atoms with Gasteiger partial charge in [0.15, 0.2) is 0 Å². The highest BCUT2D eigenvalue weighted by Gasteiger charge is 2.24. The van der Waals surface area contributed by atoms with Crippen molar-refractivity contribution in [2.45, 2.75) is 26.2 Å². The minimum atomic E-state index is -0.461. The third-order valence-electron chi connectivity index (χ3n) is 4.23. The van der Waals surface area contributed by atoms with Gasteiger partial charge in [-0.1, -0.05) is 43.6 Å². The van der Waals surface area contributed by atoms with Crippen LogP contribution in [0.3, 0.4) is 0 Å². The third-order valence-corrected chi connectivity index (χ3v) is 4.46. The molecular weight excluding hydrogens is 353 g/mol. The molecule has 0 spiro atoms. The van der Waals surface area contributed by atoms with Crippen LogP contribution in [0, 0.1) is 11.7 Å². The Morgan fingerprint density at radius 3 is 2.77 bits per heavy atom. The first-order valence-electron chi connectivity index (χ1n) is 8.59. The number of imidazole rings is 1. The molecule has 2 aromatic heterocycles. The molecule has 1 N–H and O–H groups in total. The molecule has 0 aliphatic heterocycles. The summed E-state index contributed by atoms with van der Waals surface area (Å²) in [4.78, 5) is 16.8. The lowest BCUT2D eigenvalue weighted by Crippen LogP contribution is -2.29. The molecule has 1 atom stereocenters. The number of fused-ring (bicyclic) bond motifs is 1. The molecule has 0 saturated carbocycles. The fourth-order valence-corrected chi connectivity index (χ4v) is 3.10. The summed E-state index contributed by atoms with van der Waals surface area (Å²) in [6, 6.07) is 10.1. The van der Waals surface area contributed by atoms with Crippen molar-refractivity contribution in [1.29, 1.82) is 0 Å². The van der Waals surface area contributed by atoms with E-state index in [1.54, 1.807) is 42.7 Å². The minimum Gasteiger partial charge on any atom is -0.356 e. The molecule has 0 saturated heterocycles. The smallest absolute Gasteiger partial charge is 0.221 e. The highest BCUT2D eigenvalue weighted by Crippen LogP contribution is 2.31. The fourth-order valence-electron chi connectivity index (χ4n) is 2.94. The van der Waals surface area contributed by atoms with Crippen LogP contribution in [-0.4, -0.2) is 21.8 Å². The lowest BCUT2D eigenvalue weighted by molar-refractivity contribution is -0.121. The second-order valence-corrected chi connectivity index (χ2v) is 7.17. The molecule has 0 aliphatic carbocycles. The van der Waals surface area contributed by atoms with Crippen LogP contribution < -0.4 is 5.32 Å². The van der Waals surface area contributed by atoms with Crippen LogP contribution in [-0.2, 0) is 4.79 Å². The summed E-state index contributed by atoms with van der Waals surface area (Å²) in [6.07, 6.45) is 3.55. The van der Waals surface area contributed by atoms with Crippen molar-refractivity contribution < 1.29 is 9.18 Å². The van der Waals surface area contributed by atoms with Gasteiger partial charge in [0.05, 0.1) is 10.7 Å². The van der Waals surface area contributed by atoms with Crippen LogP contribution >= 0.6 is 11.6 Å². The van der Waals surface area contributed by atoms with Gasteiger partial charge in [0, 0.05) is 31.3 Å². The van der Waals surface area contributed by atoms with E-state index in [0.29, 0.717) is 28.7 Å². The van der Waals surface area contributed by atoms with E-state index >= 15 is 0 Å². The Labute approximate surface area is 157 Å². The number of hydrogen-bond acceptors (Lipinski definition) is 2. The van der Waals surface area contributed by atoms with Crippen molar-refractivity contribution in [2.24, 2.45) is 5.92 Å². The maximum Gasteiger partial charge on any atom is 0.221 e. The Kier molecular flexibility index (Phi) is 5.57. The molecule has 3 aromatic rings. The van der Waals surface area contributed by atoms with E-state index in [1.807, 2.05) is 18.2 Å². The summed E-state index contributed by atoms with van der Waals surface area (Å²) in [5, 5.41) is 3.46. The number of aromatic nitrogens is 2. The molecule has 6 heteroatoms. The van der Waals surface area contributed by atoms with Crippen molar-refractivity contribution in [2.75, 3.05) is 6.54 Å². The normalized spacial score (nSPS) is 12.5. The molecule has 26 heavy (non-hydrogen) atoms. The van der Waals surface area contributed by atoms with Gasteiger partial charge < -0.3 is 9.72 Å². The van der Waals surface area contributed by atoms with E-state index in [4.69, 9.17) is 11.6 Å². The van der Waals surface area contributed by atoms with Crippen LogP contribution in [0.4, 0.5) is 4.39 Å². The van der Waals surface area contributed by atoms with E-state index in [2.05, 4.69) is 10.3 Å². The number of pyridine rings is 1. The Hall–Kier alpha value is -2.40. The Bertz CT molecular complexity index is 922. The van der Waals surface area contributed by atoms with Crippen molar-refractivity contribution >= 4 is 23.2 Å². The van der Waals surface area contributed by atoms with Crippen LogP contribution in [0.25, 0.3) is 5.65 Å². The molecule has 3 rings (SSSR count). The van der Waals surface area contributed by atoms with Crippen LogP contribution in [0.1, 0.15) is 37.4 Å². The molecule has 1 amide bonds. The summed E-state index contributed by atoms with van der Waals surface area (Å²) in [7, 11) is 0. The summed E-state index contributed by atoms with van der Waals surface area (Å²) in [5.41, 5.74) is 1.90. The quantitative estimate of drug-likeness (QED) is 0.695. The van der Waals surface area contributed by atoms with Gasteiger partial charge in [-0.3, -0.25) is 4.79 Å². The Balaban J connectivity index is 2.01. The highest BCUT2D eigenvalue weighted by atomic mass is 35.5. The zero-order valence-electron chi connectivity index (χ0n) is 14.7. The van der Waals surface area contributed by atoms with E-state index < -0.39 is 5.92 Å². The molecule has 2 heterocycles. The van der Waals surface area contributed by atoms with Crippen LogP contribution in [0.2, 0.25) is 5.02 Å². The van der Waals surface area contributed by atoms with Gasteiger partial charge >= 0.3 is 0 Å². The van der Waals surface area contributed by atoms with Crippen molar-refractivity contribution in [1.82, 2.24) is 14.7 Å². The first kappa shape index (κ1) is 18.4. The van der Waals surface area contributed by atoms with Gasteiger partial charge in [-0.2, -0.15) is 0 Å². The van der Waals surface area contributed by atoms with Crippen molar-refractivity contribution in [3.8, 4) is 0 Å². The van der Waals surface area contributed by atoms with Gasteiger partial charge in [-0.25, -0.2) is 9.37 Å². The molecule has 4 nitrogen and oxygen atoms in total. The minimum absolute atomic E-state index is 0.121. The predicted octanol–water partition coefficient (Wildman–Crippen LogP) is 4.42. The zero-order valence-corrected chi connectivity index (χ0v) is 15.5. The Morgan fingerprint density at radius 2 is 2.04 bits per heavy atom. The number of carbonyl (C=O) groups is 1. The van der Waals surface area contributed by atoms with Gasteiger partial charge in [0.2, 0.25) is 5.91 Å². The lowest BCUT2D eigenvalue weighted by atomic mass is 9.91. The summed E-state index contributed by atoms with van der Waals surface area (Å²) in [5.74, 6) is -0.577. The average Bonchev–Trinajstić information content (AvgIpc) is 3.01. The molecule has 0 radical (unpaired) electrons. The fraction of sp³-hybridized carbons (Fsp3) is 0.300. The number of rotatable bonds is 6. The van der Waals surface area contributed by atoms with Gasteiger partial charge in [-0.15, -0.1) is 0 Å². The number of hydrogen-bond donors (Lipinski definition) is 1. The third kappa shape index (κ3) is 4.05. The maximum absolute atomic E-state index is 14.5. The number of halogens is 2.